The van der Waals surface area contributed by atoms with Crippen molar-refractivity contribution < 1.29 is 23.8 Å². The first-order chi connectivity index (χ1) is 9.62. The Bertz CT molecular complexity index is 490. The summed E-state index contributed by atoms with van der Waals surface area (Å²) in [6.45, 7) is 1.77. The van der Waals surface area contributed by atoms with E-state index in [-0.39, 0.29) is 13.2 Å². The van der Waals surface area contributed by atoms with Crippen LogP contribution in [0.3, 0.4) is 0 Å². The molecular formula is C13H16ClNO5. The van der Waals surface area contributed by atoms with E-state index in [9.17, 15) is 4.79 Å². The largest absolute Gasteiger partial charge is 0.493 e. The average molecular weight is 302 g/mol. The molecule has 6 nitrogen and oxygen atoms in total. The van der Waals surface area contributed by atoms with E-state index in [1.807, 2.05) is 0 Å². The van der Waals surface area contributed by atoms with Gasteiger partial charge >= 0.3 is 5.97 Å². The third-order valence-electron chi connectivity index (χ3n) is 2.21. The molecule has 0 fully saturated rings. The van der Waals surface area contributed by atoms with E-state index in [1.165, 1.54) is 20.4 Å². The van der Waals surface area contributed by atoms with Crippen molar-refractivity contribution in [3.05, 3.63) is 22.7 Å². The molecular weight excluding hydrogens is 286 g/mol. The van der Waals surface area contributed by atoms with E-state index in [2.05, 4.69) is 9.99 Å². The van der Waals surface area contributed by atoms with Crippen molar-refractivity contribution in [2.45, 2.75) is 6.92 Å². The highest BCUT2D eigenvalue weighted by molar-refractivity contribution is 6.31. The zero-order chi connectivity index (χ0) is 15.0. The third-order valence-corrected chi connectivity index (χ3v) is 2.42. The molecule has 0 radical (unpaired) electrons. The molecule has 1 aromatic rings. The fourth-order valence-electron chi connectivity index (χ4n) is 1.43. The lowest BCUT2D eigenvalue weighted by atomic mass is 10.2. The zero-order valence-corrected chi connectivity index (χ0v) is 12.3. The summed E-state index contributed by atoms with van der Waals surface area (Å²) in [4.78, 5) is 16.0. The number of hydrogen-bond donors (Lipinski definition) is 0. The Morgan fingerprint density at radius 3 is 2.75 bits per heavy atom. The molecule has 1 rings (SSSR count). The standard InChI is InChI=1S/C13H16ClNO5/c1-4-19-12(16)8-20-13-9(7-15-18-3)5-10(14)6-11(13)17-2/h5-7H,4,8H2,1-3H3. The normalized spacial score (nSPS) is 10.4. The first-order valence-corrected chi connectivity index (χ1v) is 6.22. The predicted octanol–water partition coefficient (Wildman–Crippen LogP) is 2.27. The Labute approximate surface area is 122 Å². The summed E-state index contributed by atoms with van der Waals surface area (Å²) >= 11 is 5.96. The van der Waals surface area contributed by atoms with Gasteiger partial charge in [0.25, 0.3) is 0 Å². The topological polar surface area (TPSA) is 66.4 Å². The maximum absolute atomic E-state index is 11.3. The van der Waals surface area contributed by atoms with Crippen molar-refractivity contribution in [2.24, 2.45) is 5.16 Å². The summed E-state index contributed by atoms with van der Waals surface area (Å²) in [7, 11) is 2.89. The molecule has 20 heavy (non-hydrogen) atoms. The molecule has 0 unspecified atom stereocenters. The Morgan fingerprint density at radius 2 is 2.15 bits per heavy atom. The van der Waals surface area contributed by atoms with Gasteiger partial charge in [-0.15, -0.1) is 0 Å². The van der Waals surface area contributed by atoms with Crippen molar-refractivity contribution in [2.75, 3.05) is 27.4 Å². The fourth-order valence-corrected chi connectivity index (χ4v) is 1.65. The third kappa shape index (κ3) is 4.62. The molecule has 0 bridgehead atoms. The number of ether oxygens (including phenoxy) is 3. The highest BCUT2D eigenvalue weighted by Crippen LogP contribution is 2.33. The molecule has 0 aliphatic carbocycles. The Morgan fingerprint density at radius 1 is 1.40 bits per heavy atom. The first kappa shape index (κ1) is 16.1. The van der Waals surface area contributed by atoms with E-state index in [1.54, 1.807) is 19.1 Å². The van der Waals surface area contributed by atoms with E-state index in [0.717, 1.165) is 0 Å². The van der Waals surface area contributed by atoms with Crippen LogP contribution in [0.4, 0.5) is 0 Å². The molecule has 0 aliphatic heterocycles. The number of nitrogens with zero attached hydrogens (tertiary/aromatic N) is 1. The number of carbonyl (C=O) groups is 1. The van der Waals surface area contributed by atoms with Gasteiger partial charge in [0, 0.05) is 16.7 Å². The van der Waals surface area contributed by atoms with Crippen molar-refractivity contribution in [1.82, 2.24) is 0 Å². The lowest BCUT2D eigenvalue weighted by Crippen LogP contribution is -2.15. The molecule has 110 valence electrons. The van der Waals surface area contributed by atoms with Crippen LogP contribution >= 0.6 is 11.6 Å². The second-order valence-electron chi connectivity index (χ2n) is 3.54. The molecule has 0 heterocycles. The lowest BCUT2D eigenvalue weighted by Gasteiger charge is -2.13. The Hall–Kier alpha value is -1.95. The van der Waals surface area contributed by atoms with Gasteiger partial charge in [-0.2, -0.15) is 0 Å². The molecule has 0 amide bonds. The predicted molar refractivity (Wildman–Crippen MR) is 74.7 cm³/mol. The van der Waals surface area contributed by atoms with Gasteiger partial charge in [0.05, 0.1) is 19.9 Å². The van der Waals surface area contributed by atoms with Crippen LogP contribution in [-0.2, 0) is 14.4 Å². The summed E-state index contributed by atoms with van der Waals surface area (Å²) in [6.07, 6.45) is 1.41. The molecule has 0 aliphatic rings. The van der Waals surface area contributed by atoms with Gasteiger partial charge in [0.2, 0.25) is 0 Å². The van der Waals surface area contributed by atoms with Crippen LogP contribution < -0.4 is 9.47 Å². The average Bonchev–Trinajstić information content (AvgIpc) is 2.43. The van der Waals surface area contributed by atoms with E-state index in [4.69, 9.17) is 25.8 Å². The molecule has 1 aromatic carbocycles. The number of carbonyl (C=O) groups excluding carboxylic acids is 1. The Kier molecular flexibility index (Phi) is 6.66. The van der Waals surface area contributed by atoms with E-state index < -0.39 is 5.97 Å². The zero-order valence-electron chi connectivity index (χ0n) is 11.5. The van der Waals surface area contributed by atoms with E-state index >= 15 is 0 Å². The molecule has 0 atom stereocenters. The minimum Gasteiger partial charge on any atom is -0.493 e. The van der Waals surface area contributed by atoms with Crippen LogP contribution in [0.1, 0.15) is 12.5 Å². The summed E-state index contributed by atoms with van der Waals surface area (Å²) < 4.78 is 15.4. The maximum Gasteiger partial charge on any atom is 0.344 e. The molecule has 0 aromatic heterocycles. The van der Waals surface area contributed by atoms with Gasteiger partial charge in [-0.05, 0) is 13.0 Å². The van der Waals surface area contributed by atoms with Crippen molar-refractivity contribution in [3.8, 4) is 11.5 Å². The van der Waals surface area contributed by atoms with Gasteiger partial charge in [0.1, 0.15) is 7.11 Å². The number of benzene rings is 1. The SMILES string of the molecule is CCOC(=O)COc1c(C=NOC)cc(Cl)cc1OC. The second-order valence-corrected chi connectivity index (χ2v) is 3.97. The number of halogens is 1. The summed E-state index contributed by atoms with van der Waals surface area (Å²) in [5.74, 6) is 0.254. The number of hydrogen-bond acceptors (Lipinski definition) is 6. The lowest BCUT2D eigenvalue weighted by molar-refractivity contribution is -0.145. The Balaban J connectivity index is 3.00. The van der Waals surface area contributed by atoms with Gasteiger partial charge in [-0.1, -0.05) is 16.8 Å². The smallest absolute Gasteiger partial charge is 0.344 e. The fraction of sp³-hybridized carbons (Fsp3) is 0.385. The first-order valence-electron chi connectivity index (χ1n) is 5.84. The molecule has 0 saturated heterocycles. The van der Waals surface area contributed by atoms with Crippen molar-refractivity contribution >= 4 is 23.8 Å². The quantitative estimate of drug-likeness (QED) is 0.439. The maximum atomic E-state index is 11.3. The molecule has 0 N–H and O–H groups in total. The van der Waals surface area contributed by atoms with Crippen LogP contribution in [0.2, 0.25) is 5.02 Å². The summed E-state index contributed by atoms with van der Waals surface area (Å²) in [5, 5.41) is 4.09. The van der Waals surface area contributed by atoms with Gasteiger partial charge in [0.15, 0.2) is 18.1 Å². The van der Waals surface area contributed by atoms with Crippen LogP contribution in [0.15, 0.2) is 17.3 Å². The number of rotatable bonds is 7. The molecule has 0 spiro atoms. The second kappa shape index (κ2) is 8.27. The van der Waals surface area contributed by atoms with Crippen LogP contribution in [-0.4, -0.2) is 39.6 Å². The van der Waals surface area contributed by atoms with Crippen LogP contribution in [0.25, 0.3) is 0 Å². The summed E-state index contributed by atoms with van der Waals surface area (Å²) in [6, 6.07) is 3.19. The van der Waals surface area contributed by atoms with Crippen molar-refractivity contribution in [3.63, 3.8) is 0 Å². The van der Waals surface area contributed by atoms with Crippen LogP contribution in [0, 0.1) is 0 Å². The van der Waals surface area contributed by atoms with Crippen LogP contribution in [0.5, 0.6) is 11.5 Å². The minimum absolute atomic E-state index is 0.236. The minimum atomic E-state index is -0.473. The van der Waals surface area contributed by atoms with Gasteiger partial charge in [-0.3, -0.25) is 0 Å². The summed E-state index contributed by atoms with van der Waals surface area (Å²) in [5.41, 5.74) is 0.528. The highest BCUT2D eigenvalue weighted by Gasteiger charge is 2.14. The molecule has 0 saturated carbocycles. The van der Waals surface area contributed by atoms with Gasteiger partial charge in [-0.25, -0.2) is 4.79 Å². The highest BCUT2D eigenvalue weighted by atomic mass is 35.5. The molecule has 7 heteroatoms. The monoisotopic (exact) mass is 301 g/mol. The number of esters is 1. The van der Waals surface area contributed by atoms with Gasteiger partial charge < -0.3 is 19.0 Å². The van der Waals surface area contributed by atoms with Crippen molar-refractivity contribution in [1.29, 1.82) is 0 Å². The van der Waals surface area contributed by atoms with E-state index in [0.29, 0.717) is 22.1 Å². The number of methoxy groups -OCH3 is 1. The number of oxime groups is 1.